The second-order valence-electron chi connectivity index (χ2n) is 26.1. The molecule has 0 unspecified atom stereocenters. The fourth-order valence-electron chi connectivity index (χ4n) is 12.9. The number of hydrogen-bond donors (Lipinski definition) is 0. The molecule has 0 N–H and O–H groups in total. The van der Waals surface area contributed by atoms with Gasteiger partial charge in [0.15, 0.2) is 0 Å². The van der Waals surface area contributed by atoms with E-state index in [2.05, 4.69) is 276 Å². The Bertz CT molecular complexity index is 5380. The Morgan fingerprint density at radius 2 is 1.00 bits per heavy atom. The first-order valence-corrected chi connectivity index (χ1v) is 30.6. The van der Waals surface area contributed by atoms with Gasteiger partial charge in [-0.1, -0.05) is 66.7 Å². The molecule has 86 heavy (non-hydrogen) atoms. The van der Waals surface area contributed by atoms with Gasteiger partial charge in [-0.15, -0.1) is 0 Å². The number of aryl methyl sites for hydroxylation is 1. The van der Waals surface area contributed by atoms with Crippen molar-refractivity contribution in [1.29, 1.82) is 0 Å². The van der Waals surface area contributed by atoms with Gasteiger partial charge in [0, 0.05) is 37.4 Å². The van der Waals surface area contributed by atoms with E-state index in [4.69, 9.17) is 13.8 Å². The summed E-state index contributed by atoms with van der Waals surface area (Å²) in [5, 5.41) is 6.59. The van der Waals surface area contributed by atoms with Gasteiger partial charge < -0.3 is 4.40 Å². The summed E-state index contributed by atoms with van der Waals surface area (Å²) in [7, 11) is 0. The zero-order chi connectivity index (χ0) is 61.6. The molecule has 5 aromatic heterocycles. The second kappa shape index (κ2) is 19.7. The van der Waals surface area contributed by atoms with Crippen LogP contribution in [0.25, 0.3) is 122 Å². The third-order valence-corrected chi connectivity index (χ3v) is 18.4. The molecule has 0 aliphatic heterocycles. The minimum atomic E-state index is -2.45. The summed E-state index contributed by atoms with van der Waals surface area (Å²) < 4.78 is 44.0. The third-order valence-electron chi connectivity index (χ3n) is 17.4. The molecule has 0 atom stereocenters. The van der Waals surface area contributed by atoms with Crippen LogP contribution in [0.2, 0.25) is 0 Å². The molecule has 0 bridgehead atoms. The van der Waals surface area contributed by atoms with Crippen molar-refractivity contribution in [2.24, 2.45) is 0 Å². The number of rotatable bonds is 8. The quantitative estimate of drug-likeness (QED) is 0.142. The summed E-state index contributed by atoms with van der Waals surface area (Å²) in [6.07, 6.45) is 1.70. The Hall–Kier alpha value is -9.09. The fourth-order valence-corrected chi connectivity index (χ4v) is 14.0. The van der Waals surface area contributed by atoms with Crippen LogP contribution in [0.1, 0.15) is 88.7 Å². The number of pyridine rings is 1. The van der Waals surface area contributed by atoms with Gasteiger partial charge in [0.1, 0.15) is 0 Å². The summed E-state index contributed by atoms with van der Waals surface area (Å²) in [4.78, 5) is 5.14. The predicted molar refractivity (Wildman–Crippen MR) is 354 cm³/mol. The Labute approximate surface area is 517 Å². The van der Waals surface area contributed by atoms with Gasteiger partial charge in [-0.05, 0) is 24.0 Å². The Morgan fingerprint density at radius 3 is 1.67 bits per heavy atom. The molecule has 6 nitrogen and oxygen atoms in total. The van der Waals surface area contributed by atoms with Gasteiger partial charge in [0.05, 0.1) is 16.6 Å². The maximum atomic E-state index is 8.91. The van der Waals surface area contributed by atoms with Crippen LogP contribution in [0, 0.1) is 22.8 Å². The van der Waals surface area contributed by atoms with E-state index >= 15 is 0 Å². The number of imidazole rings is 1. The number of fused-ring (bicyclic) bond motifs is 10. The van der Waals surface area contributed by atoms with Crippen molar-refractivity contribution in [3.05, 3.63) is 251 Å². The fraction of sp³-hybridized carbons (Fsp3) is 0.165. The summed E-state index contributed by atoms with van der Waals surface area (Å²) in [5.41, 5.74) is 18.2. The number of nitrogens with zero attached hydrogens (tertiary/aromatic N) is 5. The Morgan fingerprint density at radius 1 is 0.430 bits per heavy atom. The summed E-state index contributed by atoms with van der Waals surface area (Å²) >= 11 is 2.52. The minimum Gasteiger partial charge on any atom is -0.0622 e. The van der Waals surface area contributed by atoms with Crippen molar-refractivity contribution < 1.29 is 28.2 Å². The molecule has 0 saturated heterocycles. The van der Waals surface area contributed by atoms with Gasteiger partial charge in [0.25, 0.3) is 0 Å². The molecular formula is C79H65N5OPt-2. The maximum absolute atomic E-state index is 8.91. The van der Waals surface area contributed by atoms with Crippen molar-refractivity contribution in [3.8, 4) is 62.1 Å². The van der Waals surface area contributed by atoms with E-state index in [1.165, 1.54) is 33.0 Å². The van der Waals surface area contributed by atoms with Crippen LogP contribution in [0.4, 0.5) is 0 Å². The van der Waals surface area contributed by atoms with Gasteiger partial charge in [0.2, 0.25) is 0 Å². The van der Waals surface area contributed by atoms with Crippen molar-refractivity contribution in [2.75, 3.05) is 0 Å². The van der Waals surface area contributed by atoms with Crippen LogP contribution in [-0.2, 0) is 35.6 Å². The first-order valence-electron chi connectivity index (χ1n) is 31.0. The van der Waals surface area contributed by atoms with Crippen molar-refractivity contribution >= 4 is 70.9 Å². The molecule has 0 aliphatic carbocycles. The smallest absolute Gasteiger partial charge is 0.0622 e. The normalized spacial score (nSPS) is 13.3. The molecular weight excluding hydrogens is 1230 g/mol. The average molecular weight is 1300 g/mol. The molecule has 0 radical (unpaired) electrons. The standard InChI is InChI=1S/C79H65N5O.Pt/c1-49-37-74(80-47-67(49)51-25-15-12-16-26-51)83-71-44-57(35-36-62(71)65-45-66-64-31-22-30-63-61-27-17-18-32-68(61)84(76(63)64)73(66)46-72(65)83)85-58-42-55(79(8,9)10)41-56(43-58)81-48-82(70-34-20-19-33-69(70)81)75-59(50-23-13-11-14-24-50)28-21-29-60(75)52-38-53(77(2,3)4)40-54(39-52)78(5,6)7;/h11-42,45-47H,1-10H3;/q-2;/i1D3;. The summed E-state index contributed by atoms with van der Waals surface area (Å²) in [6, 6.07) is 80.3. The van der Waals surface area contributed by atoms with E-state index in [0.29, 0.717) is 28.4 Å². The third kappa shape index (κ3) is 8.70. The van der Waals surface area contributed by atoms with Gasteiger partial charge >= 0.3 is 371 Å². The van der Waals surface area contributed by atoms with Crippen molar-refractivity contribution in [2.45, 2.75) is 85.4 Å². The first-order chi connectivity index (χ1) is 42.6. The zero-order valence-electron chi connectivity index (χ0n) is 52.7. The number of para-hydroxylation sites is 5. The van der Waals surface area contributed by atoms with E-state index in [9.17, 15) is 0 Å². The number of hydrogen-bond acceptors (Lipinski definition) is 2. The van der Waals surface area contributed by atoms with Gasteiger partial charge in [-0.3, -0.25) is 0 Å². The molecule has 15 aromatic rings. The van der Waals surface area contributed by atoms with Crippen LogP contribution in [-0.4, -0.2) is 23.1 Å². The molecule has 5 heterocycles. The molecule has 0 fully saturated rings. The van der Waals surface area contributed by atoms with E-state index in [1.54, 1.807) is 12.3 Å². The zero-order valence-corrected chi connectivity index (χ0v) is 51.9. The van der Waals surface area contributed by atoms with Crippen LogP contribution >= 0.6 is 0 Å². The van der Waals surface area contributed by atoms with Crippen molar-refractivity contribution in [1.82, 2.24) is 23.1 Å². The molecule has 0 spiro atoms. The Kier molecular flexibility index (Phi) is 11.5. The monoisotopic (exact) mass is 1300 g/mol. The number of ether oxygens (including phenoxy) is 1. The minimum absolute atomic E-state index is 0.0849. The van der Waals surface area contributed by atoms with Crippen molar-refractivity contribution in [3.63, 3.8) is 0 Å². The Balaban J connectivity index is 0.938. The van der Waals surface area contributed by atoms with Gasteiger partial charge in [-0.2, -0.15) is 0 Å². The summed E-state index contributed by atoms with van der Waals surface area (Å²) in [6.45, 7) is 18.0. The van der Waals surface area contributed by atoms with E-state index in [1.807, 2.05) is 36.4 Å². The average Bonchev–Trinajstić information content (AvgIpc) is 1.55. The molecule has 0 amide bonds. The van der Waals surface area contributed by atoms with Gasteiger partial charge in [-0.25, -0.2) is 0 Å². The molecule has 0 aliphatic rings. The van der Waals surface area contributed by atoms with Crippen LogP contribution in [0.3, 0.4) is 0 Å². The molecule has 424 valence electrons. The SMILES string of the molecule is [2H]C([2H])([2H])c1cc(-n2c3[c-]c(Oc4[c-]c(-n5[c](=[Pt])n(-c6c(-c7ccccc7)cccc6-c6cc(C(C)(C)C)cc(C(C)(C)C)c6)c6ccccc65)cc(C(C)(C)C)c4)ccc3c3cc4c5cccc6c7ccccc7n(c4cc32)c65)ncc1-c1ccccc1. The number of aromatic nitrogens is 5. The molecule has 0 saturated carbocycles. The van der Waals surface area contributed by atoms with E-state index in [-0.39, 0.29) is 21.8 Å². The van der Waals surface area contributed by atoms with Crippen LogP contribution in [0.5, 0.6) is 11.5 Å². The van der Waals surface area contributed by atoms with E-state index in [0.717, 1.165) is 92.1 Å². The summed E-state index contributed by atoms with van der Waals surface area (Å²) in [5.74, 6) is 1.46. The van der Waals surface area contributed by atoms with E-state index < -0.39 is 6.85 Å². The molecule has 10 aromatic carbocycles. The first kappa shape index (κ1) is 50.3. The molecule has 15 rings (SSSR count). The topological polar surface area (TPSA) is 41.3 Å². The molecule has 7 heteroatoms. The second-order valence-corrected chi connectivity index (χ2v) is 27.1. The number of benzene rings is 10. The van der Waals surface area contributed by atoms with Crippen LogP contribution < -0.4 is 4.74 Å². The predicted octanol–water partition coefficient (Wildman–Crippen LogP) is 20.7. The van der Waals surface area contributed by atoms with Crippen LogP contribution in [0.15, 0.2) is 212 Å².